The van der Waals surface area contributed by atoms with E-state index < -0.39 is 23.8 Å². The molecule has 3 rings (SSSR count). The van der Waals surface area contributed by atoms with Crippen molar-refractivity contribution >= 4 is 17.8 Å². The molecule has 0 spiro atoms. The average Bonchev–Trinajstić information content (AvgIpc) is 3.25. The lowest BCUT2D eigenvalue weighted by Crippen LogP contribution is -2.46. The van der Waals surface area contributed by atoms with Crippen molar-refractivity contribution in [2.24, 2.45) is 0 Å². The van der Waals surface area contributed by atoms with E-state index >= 15 is 0 Å². The number of aryl methyl sites for hydroxylation is 2. The molecule has 0 bridgehead atoms. The first-order valence-electron chi connectivity index (χ1n) is 10.3. The molecule has 1 atom stereocenters. The molecule has 3 aromatic rings. The number of amides is 2. The monoisotopic (exact) mass is 434 g/mol. The number of furan rings is 1. The van der Waals surface area contributed by atoms with Crippen LogP contribution in [0, 0.1) is 13.8 Å². The first-order chi connectivity index (χ1) is 15.3. The maximum Gasteiger partial charge on any atom is 0.303 e. The highest BCUT2D eigenvalue weighted by Gasteiger charge is 2.24. The van der Waals surface area contributed by atoms with Crippen LogP contribution >= 0.6 is 0 Å². The molecule has 0 unspecified atom stereocenters. The summed E-state index contributed by atoms with van der Waals surface area (Å²) in [7, 11) is 0. The van der Waals surface area contributed by atoms with Crippen molar-refractivity contribution in [1.29, 1.82) is 0 Å². The van der Waals surface area contributed by atoms with Crippen LogP contribution in [0.5, 0.6) is 0 Å². The number of nitrogens with one attached hydrogen (secondary N) is 2. The molecule has 3 N–H and O–H groups in total. The van der Waals surface area contributed by atoms with Crippen molar-refractivity contribution in [3.8, 4) is 11.3 Å². The molecule has 7 nitrogen and oxygen atoms in total. The quantitative estimate of drug-likeness (QED) is 0.474. The van der Waals surface area contributed by atoms with Gasteiger partial charge in [-0.15, -0.1) is 0 Å². The normalized spacial score (nSPS) is 11.6. The van der Waals surface area contributed by atoms with Gasteiger partial charge in [-0.05, 0) is 50.1 Å². The Balaban J connectivity index is 1.69. The maximum absolute atomic E-state index is 12.7. The van der Waals surface area contributed by atoms with Crippen molar-refractivity contribution < 1.29 is 23.9 Å². The average molecular weight is 434 g/mol. The second kappa shape index (κ2) is 10.4. The molecule has 1 aromatic heterocycles. The summed E-state index contributed by atoms with van der Waals surface area (Å²) in [6.45, 7) is 4.24. The Hall–Kier alpha value is -3.87. The fourth-order valence-electron chi connectivity index (χ4n) is 3.41. The van der Waals surface area contributed by atoms with Gasteiger partial charge in [0.2, 0.25) is 5.91 Å². The van der Waals surface area contributed by atoms with Gasteiger partial charge in [-0.1, -0.05) is 47.5 Å². The van der Waals surface area contributed by atoms with E-state index in [4.69, 9.17) is 9.52 Å². The van der Waals surface area contributed by atoms with E-state index in [-0.39, 0.29) is 25.1 Å². The van der Waals surface area contributed by atoms with Crippen LogP contribution < -0.4 is 10.6 Å². The molecule has 0 radical (unpaired) electrons. The number of carboxylic acids is 1. The molecule has 0 aliphatic carbocycles. The van der Waals surface area contributed by atoms with Crippen LogP contribution in [0.1, 0.15) is 40.1 Å². The molecular weight excluding hydrogens is 408 g/mol. The Morgan fingerprint density at radius 2 is 1.66 bits per heavy atom. The van der Waals surface area contributed by atoms with Gasteiger partial charge in [0.25, 0.3) is 5.91 Å². The summed E-state index contributed by atoms with van der Waals surface area (Å²) in [6, 6.07) is 17.5. The van der Waals surface area contributed by atoms with Gasteiger partial charge in [-0.3, -0.25) is 14.4 Å². The molecule has 2 aromatic carbocycles. The standard InChI is InChI=1S/C25H26N2O5/c1-16-12-17(2)14-19(13-16)21-9-10-22(32-21)25(31)27-20(8-11-23(28)29)24(30)26-15-18-6-4-3-5-7-18/h3-7,9-10,12-14,20H,8,11,15H2,1-2H3,(H,26,30)(H,27,31)(H,28,29)/t20-/m0/s1. The number of benzene rings is 2. The van der Waals surface area contributed by atoms with Crippen LogP contribution in [0.25, 0.3) is 11.3 Å². The number of carboxylic acid groups (broad SMARTS) is 1. The number of hydrogen-bond acceptors (Lipinski definition) is 4. The van der Waals surface area contributed by atoms with E-state index in [0.717, 1.165) is 22.3 Å². The van der Waals surface area contributed by atoms with Gasteiger partial charge in [-0.25, -0.2) is 0 Å². The summed E-state index contributed by atoms with van der Waals surface area (Å²) in [4.78, 5) is 36.4. The van der Waals surface area contributed by atoms with Gasteiger partial charge in [-0.2, -0.15) is 0 Å². The Bertz CT molecular complexity index is 1080. The van der Waals surface area contributed by atoms with Crippen LogP contribution in [-0.2, 0) is 16.1 Å². The summed E-state index contributed by atoms with van der Waals surface area (Å²) in [6.07, 6.45) is -0.290. The third kappa shape index (κ3) is 6.31. The van der Waals surface area contributed by atoms with E-state index in [1.807, 2.05) is 62.4 Å². The molecule has 0 saturated heterocycles. The zero-order valence-electron chi connectivity index (χ0n) is 18.1. The van der Waals surface area contributed by atoms with Crippen LogP contribution in [0.4, 0.5) is 0 Å². The van der Waals surface area contributed by atoms with Gasteiger partial charge in [0.1, 0.15) is 11.8 Å². The molecule has 166 valence electrons. The summed E-state index contributed by atoms with van der Waals surface area (Å²) < 4.78 is 5.72. The number of hydrogen-bond donors (Lipinski definition) is 3. The number of carbonyl (C=O) groups is 3. The third-order valence-electron chi connectivity index (χ3n) is 4.91. The summed E-state index contributed by atoms with van der Waals surface area (Å²) in [5.74, 6) is -1.49. The molecule has 0 saturated carbocycles. The fraction of sp³-hybridized carbons (Fsp3) is 0.240. The zero-order valence-corrected chi connectivity index (χ0v) is 18.1. The third-order valence-corrected chi connectivity index (χ3v) is 4.91. The minimum Gasteiger partial charge on any atom is -0.481 e. The topological polar surface area (TPSA) is 109 Å². The highest BCUT2D eigenvalue weighted by atomic mass is 16.4. The first-order valence-corrected chi connectivity index (χ1v) is 10.3. The largest absolute Gasteiger partial charge is 0.481 e. The predicted octanol–water partition coefficient (Wildman–Crippen LogP) is 3.84. The second-order valence-corrected chi connectivity index (χ2v) is 7.70. The minimum atomic E-state index is -1.05. The van der Waals surface area contributed by atoms with E-state index in [0.29, 0.717) is 5.76 Å². The van der Waals surface area contributed by atoms with Crippen molar-refractivity contribution in [2.75, 3.05) is 0 Å². The molecule has 1 heterocycles. The molecule has 0 fully saturated rings. The zero-order chi connectivity index (χ0) is 23.1. The summed E-state index contributed by atoms with van der Waals surface area (Å²) in [5.41, 5.74) is 3.90. The summed E-state index contributed by atoms with van der Waals surface area (Å²) >= 11 is 0. The Morgan fingerprint density at radius 3 is 2.31 bits per heavy atom. The van der Waals surface area contributed by atoms with Crippen molar-refractivity contribution in [1.82, 2.24) is 10.6 Å². The van der Waals surface area contributed by atoms with Gasteiger partial charge >= 0.3 is 5.97 Å². The minimum absolute atomic E-state index is 0.0354. The van der Waals surface area contributed by atoms with Crippen molar-refractivity contribution in [3.63, 3.8) is 0 Å². The highest BCUT2D eigenvalue weighted by Crippen LogP contribution is 2.24. The SMILES string of the molecule is Cc1cc(C)cc(-c2ccc(C(=O)N[C@@H](CCC(=O)O)C(=O)NCc3ccccc3)o2)c1. The van der Waals surface area contributed by atoms with E-state index in [1.165, 1.54) is 0 Å². The van der Waals surface area contributed by atoms with Crippen molar-refractivity contribution in [3.05, 3.63) is 83.1 Å². The molecule has 32 heavy (non-hydrogen) atoms. The number of carbonyl (C=O) groups excluding carboxylic acids is 2. The summed E-state index contributed by atoms with van der Waals surface area (Å²) in [5, 5.41) is 14.4. The Morgan fingerprint density at radius 1 is 0.969 bits per heavy atom. The second-order valence-electron chi connectivity index (χ2n) is 7.70. The molecule has 2 amide bonds. The lowest BCUT2D eigenvalue weighted by Gasteiger charge is -2.17. The lowest BCUT2D eigenvalue weighted by atomic mass is 10.1. The predicted molar refractivity (Wildman–Crippen MR) is 120 cm³/mol. The van der Waals surface area contributed by atoms with E-state index in [9.17, 15) is 14.4 Å². The lowest BCUT2D eigenvalue weighted by molar-refractivity contribution is -0.137. The fourth-order valence-corrected chi connectivity index (χ4v) is 3.41. The number of rotatable bonds is 9. The van der Waals surface area contributed by atoms with Crippen molar-refractivity contribution in [2.45, 2.75) is 39.3 Å². The Labute approximate surface area is 186 Å². The maximum atomic E-state index is 12.7. The van der Waals surface area contributed by atoms with Gasteiger partial charge in [0.15, 0.2) is 5.76 Å². The molecule has 7 heteroatoms. The molecular formula is C25H26N2O5. The van der Waals surface area contributed by atoms with Crippen LogP contribution in [0.15, 0.2) is 65.1 Å². The van der Waals surface area contributed by atoms with Gasteiger partial charge in [0.05, 0.1) is 0 Å². The van der Waals surface area contributed by atoms with Gasteiger partial charge in [0, 0.05) is 18.5 Å². The van der Waals surface area contributed by atoms with Gasteiger partial charge < -0.3 is 20.2 Å². The Kier molecular flexibility index (Phi) is 7.44. The van der Waals surface area contributed by atoms with Crippen LogP contribution in [0.3, 0.4) is 0 Å². The molecule has 0 aliphatic heterocycles. The smallest absolute Gasteiger partial charge is 0.303 e. The van der Waals surface area contributed by atoms with Crippen LogP contribution in [-0.4, -0.2) is 28.9 Å². The number of aliphatic carboxylic acids is 1. The van der Waals surface area contributed by atoms with E-state index in [1.54, 1.807) is 12.1 Å². The first kappa shape index (κ1) is 22.8. The molecule has 0 aliphatic rings. The highest BCUT2D eigenvalue weighted by molar-refractivity contribution is 5.96. The van der Waals surface area contributed by atoms with E-state index in [2.05, 4.69) is 10.6 Å². The van der Waals surface area contributed by atoms with Crippen LogP contribution in [0.2, 0.25) is 0 Å².